The molecule has 0 saturated carbocycles. The number of benzene rings is 2. The molecule has 0 amide bonds. The monoisotopic (exact) mass is 434 g/mol. The van der Waals surface area contributed by atoms with Crippen LogP contribution in [0, 0.1) is 5.82 Å². The minimum atomic E-state index is -4.64. The first-order valence-electron chi connectivity index (χ1n) is 9.63. The molecule has 0 spiro atoms. The zero-order valence-electron chi connectivity index (χ0n) is 16.8. The van der Waals surface area contributed by atoms with Gasteiger partial charge in [0.05, 0.1) is 18.7 Å². The van der Waals surface area contributed by atoms with E-state index in [1.807, 2.05) is 31.2 Å². The van der Waals surface area contributed by atoms with Crippen LogP contribution in [-0.2, 0) is 25.8 Å². The van der Waals surface area contributed by atoms with Crippen molar-refractivity contribution < 1.29 is 17.6 Å². The van der Waals surface area contributed by atoms with E-state index in [4.69, 9.17) is 0 Å². The molecule has 31 heavy (non-hydrogen) atoms. The molecule has 3 aromatic rings. The van der Waals surface area contributed by atoms with E-state index in [1.54, 1.807) is 11.0 Å². The van der Waals surface area contributed by atoms with E-state index in [0.717, 1.165) is 23.3 Å². The third-order valence-electron chi connectivity index (χ3n) is 4.39. The molecule has 0 aliphatic carbocycles. The number of guanidine groups is 1. The second kappa shape index (κ2) is 10.1. The summed E-state index contributed by atoms with van der Waals surface area (Å²) in [7, 11) is 0. The molecule has 0 radical (unpaired) electrons. The van der Waals surface area contributed by atoms with Gasteiger partial charge in [0.25, 0.3) is 0 Å². The Labute approximate surface area is 177 Å². The molecule has 0 unspecified atom stereocenters. The summed E-state index contributed by atoms with van der Waals surface area (Å²) < 4.78 is 54.6. The molecule has 10 heteroatoms. The number of aliphatic imine (C=N–C) groups is 1. The number of nitrogens with one attached hydrogen (secondary N) is 2. The second-order valence-electron chi connectivity index (χ2n) is 6.76. The van der Waals surface area contributed by atoms with E-state index in [1.165, 1.54) is 6.33 Å². The van der Waals surface area contributed by atoms with E-state index in [2.05, 4.69) is 25.7 Å². The first kappa shape index (κ1) is 22.3. The van der Waals surface area contributed by atoms with Crippen molar-refractivity contribution >= 4 is 5.96 Å². The Morgan fingerprint density at radius 1 is 1.10 bits per heavy atom. The Morgan fingerprint density at radius 3 is 2.61 bits per heavy atom. The number of halogens is 4. The first-order valence-corrected chi connectivity index (χ1v) is 9.63. The molecule has 0 aliphatic heterocycles. The largest absolute Gasteiger partial charge is 0.416 e. The predicted molar refractivity (Wildman–Crippen MR) is 109 cm³/mol. The SMILES string of the molecule is CCNC(=NCc1cccc(Cn2cncn2)c1)NCc1ccc(F)cc1C(F)(F)F. The summed E-state index contributed by atoms with van der Waals surface area (Å²) in [5, 5.41) is 9.97. The average molecular weight is 434 g/mol. The van der Waals surface area contributed by atoms with Gasteiger partial charge in [-0.15, -0.1) is 0 Å². The maximum Gasteiger partial charge on any atom is 0.416 e. The third-order valence-corrected chi connectivity index (χ3v) is 4.39. The number of alkyl halides is 3. The van der Waals surface area contributed by atoms with Crippen LogP contribution in [0.2, 0.25) is 0 Å². The predicted octanol–water partition coefficient (Wildman–Crippen LogP) is 3.74. The van der Waals surface area contributed by atoms with Gasteiger partial charge in [-0.2, -0.15) is 18.3 Å². The molecule has 0 atom stereocenters. The fourth-order valence-corrected chi connectivity index (χ4v) is 2.99. The van der Waals surface area contributed by atoms with Crippen LogP contribution in [0.1, 0.15) is 29.2 Å². The summed E-state index contributed by atoms with van der Waals surface area (Å²) in [4.78, 5) is 8.37. The highest BCUT2D eigenvalue weighted by Crippen LogP contribution is 2.32. The highest BCUT2D eigenvalue weighted by molar-refractivity contribution is 5.79. The van der Waals surface area contributed by atoms with Crippen LogP contribution in [0.25, 0.3) is 0 Å². The molecular formula is C21H22F4N6. The molecule has 1 aromatic heterocycles. The zero-order chi connectivity index (χ0) is 22.3. The summed E-state index contributed by atoms with van der Waals surface area (Å²) in [5.41, 5.74) is 0.899. The van der Waals surface area contributed by atoms with Gasteiger partial charge in [-0.1, -0.05) is 30.3 Å². The fourth-order valence-electron chi connectivity index (χ4n) is 2.99. The first-order chi connectivity index (χ1) is 14.8. The van der Waals surface area contributed by atoms with Gasteiger partial charge in [0.1, 0.15) is 18.5 Å². The Bertz CT molecular complexity index is 1010. The molecule has 1 heterocycles. The lowest BCUT2D eigenvalue weighted by atomic mass is 10.1. The number of nitrogens with zero attached hydrogens (tertiary/aromatic N) is 4. The van der Waals surface area contributed by atoms with E-state index < -0.39 is 17.6 Å². The Hall–Kier alpha value is -3.43. The Kier molecular flexibility index (Phi) is 7.22. The molecule has 0 fully saturated rings. The maximum absolute atomic E-state index is 13.3. The summed E-state index contributed by atoms with van der Waals surface area (Å²) in [6.07, 6.45) is -1.55. The molecule has 2 aromatic carbocycles. The number of aromatic nitrogens is 3. The fraction of sp³-hybridized carbons (Fsp3) is 0.286. The summed E-state index contributed by atoms with van der Waals surface area (Å²) in [5.74, 6) is -0.566. The van der Waals surface area contributed by atoms with Crippen LogP contribution in [-0.4, -0.2) is 27.3 Å². The zero-order valence-corrected chi connectivity index (χ0v) is 16.8. The molecule has 3 rings (SSSR count). The van der Waals surface area contributed by atoms with Gasteiger partial charge in [0.15, 0.2) is 5.96 Å². The van der Waals surface area contributed by atoms with E-state index >= 15 is 0 Å². The van der Waals surface area contributed by atoms with Crippen molar-refractivity contribution in [1.82, 2.24) is 25.4 Å². The van der Waals surface area contributed by atoms with Crippen LogP contribution in [0.15, 0.2) is 60.1 Å². The summed E-state index contributed by atoms with van der Waals surface area (Å²) in [6.45, 7) is 3.15. The Morgan fingerprint density at radius 2 is 1.90 bits per heavy atom. The minimum absolute atomic E-state index is 0.0608. The van der Waals surface area contributed by atoms with Crippen LogP contribution in [0.4, 0.5) is 17.6 Å². The molecule has 2 N–H and O–H groups in total. The van der Waals surface area contributed by atoms with Crippen molar-refractivity contribution in [3.05, 3.63) is 83.2 Å². The van der Waals surface area contributed by atoms with Gasteiger partial charge in [0, 0.05) is 13.1 Å². The highest BCUT2D eigenvalue weighted by Gasteiger charge is 2.33. The number of hydrogen-bond acceptors (Lipinski definition) is 3. The standard InChI is InChI=1S/C21H22F4N6/c1-2-27-20(29-11-17-6-7-18(22)9-19(17)21(23,24)25)28-10-15-4-3-5-16(8-15)12-31-14-26-13-30-31/h3-9,13-14H,2,10-12H2,1H3,(H2,27,28,29). The minimum Gasteiger partial charge on any atom is -0.357 e. The van der Waals surface area contributed by atoms with Gasteiger partial charge >= 0.3 is 6.18 Å². The molecule has 0 aliphatic rings. The topological polar surface area (TPSA) is 67.1 Å². The van der Waals surface area contributed by atoms with Crippen molar-refractivity contribution in [2.24, 2.45) is 4.99 Å². The van der Waals surface area contributed by atoms with Crippen molar-refractivity contribution in [3.63, 3.8) is 0 Å². The van der Waals surface area contributed by atoms with Gasteiger partial charge in [-0.25, -0.2) is 19.0 Å². The van der Waals surface area contributed by atoms with Crippen molar-refractivity contribution in [3.8, 4) is 0 Å². The normalized spacial score (nSPS) is 12.1. The molecule has 6 nitrogen and oxygen atoms in total. The third kappa shape index (κ3) is 6.53. The van der Waals surface area contributed by atoms with E-state index in [9.17, 15) is 17.6 Å². The van der Waals surface area contributed by atoms with Crippen molar-refractivity contribution in [2.45, 2.75) is 32.7 Å². The van der Waals surface area contributed by atoms with Crippen LogP contribution >= 0.6 is 0 Å². The smallest absolute Gasteiger partial charge is 0.357 e. The lowest BCUT2D eigenvalue weighted by Gasteiger charge is -2.16. The molecule has 0 saturated heterocycles. The van der Waals surface area contributed by atoms with Gasteiger partial charge in [-0.3, -0.25) is 0 Å². The Balaban J connectivity index is 1.69. The van der Waals surface area contributed by atoms with Crippen molar-refractivity contribution in [2.75, 3.05) is 6.54 Å². The van der Waals surface area contributed by atoms with Gasteiger partial charge in [-0.05, 0) is 35.7 Å². The molecule has 164 valence electrons. The maximum atomic E-state index is 13.3. The molecular weight excluding hydrogens is 412 g/mol. The van der Waals surface area contributed by atoms with Crippen LogP contribution < -0.4 is 10.6 Å². The highest BCUT2D eigenvalue weighted by atomic mass is 19.4. The van der Waals surface area contributed by atoms with Gasteiger partial charge < -0.3 is 10.6 Å². The number of hydrogen-bond donors (Lipinski definition) is 2. The van der Waals surface area contributed by atoms with Crippen molar-refractivity contribution in [1.29, 1.82) is 0 Å². The summed E-state index contributed by atoms with van der Waals surface area (Å²) >= 11 is 0. The van der Waals surface area contributed by atoms with E-state index in [0.29, 0.717) is 31.7 Å². The second-order valence-corrected chi connectivity index (χ2v) is 6.76. The quantitative estimate of drug-likeness (QED) is 0.338. The molecule has 0 bridgehead atoms. The lowest BCUT2D eigenvalue weighted by molar-refractivity contribution is -0.138. The lowest BCUT2D eigenvalue weighted by Crippen LogP contribution is -2.37. The average Bonchev–Trinajstić information content (AvgIpc) is 3.23. The van der Waals surface area contributed by atoms with E-state index in [-0.39, 0.29) is 12.1 Å². The number of rotatable bonds is 7. The van der Waals surface area contributed by atoms with Crippen LogP contribution in [0.3, 0.4) is 0 Å². The summed E-state index contributed by atoms with van der Waals surface area (Å²) in [6, 6.07) is 10.4. The van der Waals surface area contributed by atoms with Crippen LogP contribution in [0.5, 0.6) is 0 Å². The van der Waals surface area contributed by atoms with Gasteiger partial charge in [0.2, 0.25) is 0 Å².